The molecule has 1 aliphatic heterocycles. The Morgan fingerprint density at radius 2 is 1.91 bits per heavy atom. The number of carbonyl (C=O) groups is 1. The molecule has 0 aromatic heterocycles. The number of allylic oxidation sites excluding steroid dienone is 1. The summed E-state index contributed by atoms with van der Waals surface area (Å²) in [4.78, 5) is 20.0. The first-order valence-corrected chi connectivity index (χ1v) is 9.79. The minimum Gasteiger partial charge on any atom is -0.374 e. The highest BCUT2D eigenvalue weighted by molar-refractivity contribution is 6.09. The molecule has 1 amide bonds. The van der Waals surface area contributed by atoms with Crippen molar-refractivity contribution in [3.63, 3.8) is 0 Å². The number of rotatable bonds is 5. The first-order valence-electron chi connectivity index (χ1n) is 9.79. The van der Waals surface area contributed by atoms with Crippen molar-refractivity contribution in [3.8, 4) is 0 Å². The molecule has 1 aromatic carbocycles. The maximum Gasteiger partial charge on any atom is 0.435 e. The summed E-state index contributed by atoms with van der Waals surface area (Å²) in [7, 11) is 0.766. The Bertz CT molecular complexity index is 1010. The lowest BCUT2D eigenvalue weighted by atomic mass is 9.83. The van der Waals surface area contributed by atoms with Crippen LogP contribution in [0.4, 0.5) is 26.3 Å². The largest absolute Gasteiger partial charge is 0.435 e. The van der Waals surface area contributed by atoms with Crippen molar-refractivity contribution in [2.24, 2.45) is 10.1 Å². The lowest BCUT2D eigenvalue weighted by Gasteiger charge is -2.32. The summed E-state index contributed by atoms with van der Waals surface area (Å²) < 4.78 is 82.4. The van der Waals surface area contributed by atoms with Gasteiger partial charge >= 0.3 is 12.4 Å². The molecule has 1 aromatic rings. The first-order chi connectivity index (χ1) is 14.8. The predicted molar refractivity (Wildman–Crippen MR) is 106 cm³/mol. The van der Waals surface area contributed by atoms with E-state index in [0.717, 1.165) is 26.8 Å². The molecule has 5 nitrogen and oxygen atoms in total. The van der Waals surface area contributed by atoms with Crippen molar-refractivity contribution in [3.05, 3.63) is 46.5 Å². The second-order valence-electron chi connectivity index (χ2n) is 7.68. The standard InChI is InChI=1S/C21H21F6N3O2/c1-4-15(17(28-3)20(22,23)24)19(21(25,26)27)10-16(30-32-19)12-5-8-14(11(2)9-12)18(31)29-13-6-7-13/h4-5,8-9,13H,6-7,10H2,1-3H3,(H,29,31)/b15-4+,28-17+. The average molecular weight is 461 g/mol. The molecule has 1 aliphatic carbocycles. The third-order valence-electron chi connectivity index (χ3n) is 5.37. The van der Waals surface area contributed by atoms with Crippen molar-refractivity contribution in [1.29, 1.82) is 0 Å². The number of aliphatic imine (C=N–C) groups is 1. The molecule has 0 spiro atoms. The minimum absolute atomic E-state index is 0.129. The SMILES string of the molecule is C/C=C(\C(=N/C)C(F)(F)F)C1(C(F)(F)F)CC(c2ccc(C(=O)NC3CC3)c(C)c2)=NO1. The van der Waals surface area contributed by atoms with Crippen LogP contribution in [0.3, 0.4) is 0 Å². The van der Waals surface area contributed by atoms with Gasteiger partial charge < -0.3 is 10.2 Å². The lowest BCUT2D eigenvalue weighted by molar-refractivity contribution is -0.251. The Hall–Kier alpha value is -2.85. The van der Waals surface area contributed by atoms with E-state index in [2.05, 4.69) is 15.5 Å². The van der Waals surface area contributed by atoms with Gasteiger partial charge in [-0.15, -0.1) is 0 Å². The van der Waals surface area contributed by atoms with Crippen molar-refractivity contribution >= 4 is 17.3 Å². The fourth-order valence-electron chi connectivity index (χ4n) is 3.59. The Kier molecular flexibility index (Phi) is 6.14. The van der Waals surface area contributed by atoms with Gasteiger partial charge in [0.2, 0.25) is 0 Å². The van der Waals surface area contributed by atoms with Crippen molar-refractivity contribution in [2.75, 3.05) is 7.05 Å². The molecule has 1 N–H and O–H groups in total. The normalized spacial score (nSPS) is 22.5. The number of halogens is 6. The van der Waals surface area contributed by atoms with E-state index in [1.54, 1.807) is 6.92 Å². The van der Waals surface area contributed by atoms with Crippen LogP contribution in [0.2, 0.25) is 0 Å². The summed E-state index contributed by atoms with van der Waals surface area (Å²) in [6.45, 7) is 2.67. The van der Waals surface area contributed by atoms with Gasteiger partial charge in [0.05, 0.1) is 12.1 Å². The van der Waals surface area contributed by atoms with Gasteiger partial charge in [-0.1, -0.05) is 17.3 Å². The molecule has 3 rings (SSSR count). The number of hydrogen-bond acceptors (Lipinski definition) is 4. The van der Waals surface area contributed by atoms with Crippen LogP contribution in [0.1, 0.15) is 47.7 Å². The van der Waals surface area contributed by atoms with E-state index in [9.17, 15) is 31.1 Å². The summed E-state index contributed by atoms with van der Waals surface area (Å²) >= 11 is 0. The zero-order chi connectivity index (χ0) is 23.9. The third-order valence-corrected chi connectivity index (χ3v) is 5.37. The number of nitrogens with zero attached hydrogens (tertiary/aromatic N) is 2. The number of alkyl halides is 6. The Labute approximate surface area is 180 Å². The van der Waals surface area contributed by atoms with Crippen LogP contribution in [0.5, 0.6) is 0 Å². The average Bonchev–Trinajstić information content (AvgIpc) is 3.37. The number of carbonyl (C=O) groups excluding carboxylic acids is 1. The molecular weight excluding hydrogens is 440 g/mol. The van der Waals surface area contributed by atoms with E-state index in [-0.39, 0.29) is 23.2 Å². The van der Waals surface area contributed by atoms with Gasteiger partial charge in [-0.3, -0.25) is 9.79 Å². The molecule has 1 saturated carbocycles. The molecular formula is C21H21F6N3O2. The van der Waals surface area contributed by atoms with E-state index in [4.69, 9.17) is 4.84 Å². The highest BCUT2D eigenvalue weighted by Gasteiger charge is 2.66. The lowest BCUT2D eigenvalue weighted by Crippen LogP contribution is -2.51. The molecule has 174 valence electrons. The van der Waals surface area contributed by atoms with Crippen molar-refractivity contribution < 1.29 is 36.0 Å². The summed E-state index contributed by atoms with van der Waals surface area (Å²) in [5, 5.41) is 6.32. The molecule has 0 bridgehead atoms. The topological polar surface area (TPSA) is 63.0 Å². The Morgan fingerprint density at radius 3 is 2.38 bits per heavy atom. The zero-order valence-corrected chi connectivity index (χ0v) is 17.5. The Morgan fingerprint density at radius 1 is 1.25 bits per heavy atom. The Balaban J connectivity index is 1.94. The van der Waals surface area contributed by atoms with Crippen molar-refractivity contribution in [2.45, 2.75) is 57.1 Å². The van der Waals surface area contributed by atoms with Gasteiger partial charge in [-0.2, -0.15) is 26.3 Å². The molecule has 1 fully saturated rings. The van der Waals surface area contributed by atoms with Gasteiger partial charge in [0.25, 0.3) is 11.5 Å². The molecule has 0 saturated heterocycles. The third kappa shape index (κ3) is 4.37. The van der Waals surface area contributed by atoms with E-state index < -0.39 is 35.7 Å². The van der Waals surface area contributed by atoms with E-state index in [1.807, 2.05) is 0 Å². The maximum atomic E-state index is 14.1. The van der Waals surface area contributed by atoms with Gasteiger partial charge in [0.1, 0.15) is 5.71 Å². The zero-order valence-electron chi connectivity index (χ0n) is 17.5. The molecule has 1 unspecified atom stereocenters. The van der Waals surface area contributed by atoms with E-state index in [0.29, 0.717) is 17.2 Å². The number of aryl methyl sites for hydroxylation is 1. The van der Waals surface area contributed by atoms with Crippen LogP contribution in [-0.2, 0) is 4.84 Å². The van der Waals surface area contributed by atoms with Crippen LogP contribution in [0, 0.1) is 6.92 Å². The molecule has 1 heterocycles. The first kappa shape index (κ1) is 23.8. The summed E-state index contributed by atoms with van der Waals surface area (Å²) in [6.07, 6.45) is -8.82. The number of nitrogens with one attached hydrogen (secondary N) is 1. The second-order valence-corrected chi connectivity index (χ2v) is 7.68. The summed E-state index contributed by atoms with van der Waals surface area (Å²) in [5.74, 6) is -0.295. The van der Waals surface area contributed by atoms with E-state index >= 15 is 0 Å². The highest BCUT2D eigenvalue weighted by Crippen LogP contribution is 2.48. The number of benzene rings is 1. The summed E-state index contributed by atoms with van der Waals surface area (Å²) in [5.41, 5.74) is -5.30. The maximum absolute atomic E-state index is 14.1. The van der Waals surface area contributed by atoms with Crippen LogP contribution in [0.15, 0.2) is 40.0 Å². The van der Waals surface area contributed by atoms with Crippen LogP contribution in [-0.4, -0.2) is 48.4 Å². The fraction of sp³-hybridized carbons (Fsp3) is 0.476. The quantitative estimate of drug-likeness (QED) is 0.501. The summed E-state index contributed by atoms with van der Waals surface area (Å²) in [6, 6.07) is 4.44. The number of oxime groups is 1. The minimum atomic E-state index is -5.21. The second kappa shape index (κ2) is 8.25. The van der Waals surface area contributed by atoms with Crippen LogP contribution < -0.4 is 5.32 Å². The molecule has 1 atom stereocenters. The van der Waals surface area contributed by atoms with Gasteiger partial charge in [-0.25, -0.2) is 0 Å². The molecule has 2 aliphatic rings. The van der Waals surface area contributed by atoms with E-state index in [1.165, 1.54) is 18.2 Å². The smallest absolute Gasteiger partial charge is 0.374 e. The molecule has 11 heteroatoms. The fourth-order valence-corrected chi connectivity index (χ4v) is 3.59. The van der Waals surface area contributed by atoms with Crippen molar-refractivity contribution in [1.82, 2.24) is 5.32 Å². The number of hydrogen-bond donors (Lipinski definition) is 1. The van der Waals surface area contributed by atoms with Crippen LogP contribution in [0.25, 0.3) is 0 Å². The van der Waals surface area contributed by atoms with Crippen LogP contribution >= 0.6 is 0 Å². The number of amides is 1. The van der Waals surface area contributed by atoms with Gasteiger partial charge in [0, 0.05) is 24.2 Å². The predicted octanol–water partition coefficient (Wildman–Crippen LogP) is 4.89. The molecule has 32 heavy (non-hydrogen) atoms. The monoisotopic (exact) mass is 461 g/mol. The highest BCUT2D eigenvalue weighted by atomic mass is 19.4. The van der Waals surface area contributed by atoms with Gasteiger partial charge in [0.15, 0.2) is 0 Å². The van der Waals surface area contributed by atoms with Gasteiger partial charge in [-0.05, 0) is 49.9 Å². The molecule has 0 radical (unpaired) electrons.